The zero-order chi connectivity index (χ0) is 15.1. The number of likely N-dealkylation sites (tertiary alicyclic amines) is 1. The van der Waals surface area contributed by atoms with Crippen molar-refractivity contribution >= 4 is 17.3 Å². The van der Waals surface area contributed by atoms with E-state index in [1.807, 2.05) is 25.1 Å². The maximum absolute atomic E-state index is 12.0. The number of rotatable bonds is 5. The number of nitrogen functional groups attached to an aromatic ring is 1. The highest BCUT2D eigenvalue weighted by molar-refractivity contribution is 5.91. The van der Waals surface area contributed by atoms with E-state index in [0.29, 0.717) is 6.42 Å². The molecule has 0 aliphatic carbocycles. The van der Waals surface area contributed by atoms with Gasteiger partial charge in [-0.3, -0.25) is 4.79 Å². The number of nitrogens with zero attached hydrogens (tertiary/aromatic N) is 1. The molecule has 0 saturated carbocycles. The molecule has 0 aromatic heterocycles. The van der Waals surface area contributed by atoms with E-state index < -0.39 is 0 Å². The van der Waals surface area contributed by atoms with Gasteiger partial charge in [0.25, 0.3) is 0 Å². The molecule has 21 heavy (non-hydrogen) atoms. The molecule has 1 aliphatic heterocycles. The van der Waals surface area contributed by atoms with E-state index in [1.54, 1.807) is 0 Å². The average molecular weight is 289 g/mol. The quantitative estimate of drug-likeness (QED) is 0.819. The Morgan fingerprint density at radius 2 is 1.95 bits per heavy atom. The maximum Gasteiger partial charge on any atom is 0.224 e. The van der Waals surface area contributed by atoms with Gasteiger partial charge in [-0.1, -0.05) is 12.8 Å². The van der Waals surface area contributed by atoms with Crippen molar-refractivity contribution in [3.8, 4) is 0 Å². The van der Waals surface area contributed by atoms with E-state index in [-0.39, 0.29) is 5.91 Å². The Bertz CT molecular complexity index is 465. The van der Waals surface area contributed by atoms with Crippen LogP contribution < -0.4 is 11.1 Å². The monoisotopic (exact) mass is 289 g/mol. The molecule has 1 heterocycles. The van der Waals surface area contributed by atoms with Gasteiger partial charge in [-0.05, 0) is 69.6 Å². The average Bonchev–Trinajstić information content (AvgIpc) is 2.71. The molecule has 2 rings (SSSR count). The summed E-state index contributed by atoms with van der Waals surface area (Å²) in [4.78, 5) is 14.5. The Labute approximate surface area is 127 Å². The highest BCUT2D eigenvalue weighted by atomic mass is 16.1. The molecule has 0 unspecified atom stereocenters. The second kappa shape index (κ2) is 8.03. The number of aryl methyl sites for hydroxylation is 1. The van der Waals surface area contributed by atoms with Gasteiger partial charge < -0.3 is 16.0 Å². The molecule has 1 aromatic carbocycles. The lowest BCUT2D eigenvalue weighted by atomic mass is 10.1. The standard InChI is InChI=1S/C17H27N3O/c1-14-13-15(18)8-9-16(14)19-17(21)7-6-12-20-10-4-2-3-5-11-20/h8-9,13H,2-7,10-12,18H2,1H3,(H,19,21). The number of carbonyl (C=O) groups is 1. The highest BCUT2D eigenvalue weighted by Gasteiger charge is 2.10. The second-order valence-corrected chi connectivity index (χ2v) is 5.98. The van der Waals surface area contributed by atoms with Crippen LogP contribution in [0.25, 0.3) is 0 Å². The fourth-order valence-electron chi connectivity index (χ4n) is 2.86. The van der Waals surface area contributed by atoms with Gasteiger partial charge in [0.05, 0.1) is 0 Å². The molecule has 1 fully saturated rings. The minimum absolute atomic E-state index is 0.0951. The normalized spacial score (nSPS) is 16.4. The molecular weight excluding hydrogens is 262 g/mol. The van der Waals surface area contributed by atoms with E-state index in [2.05, 4.69) is 10.2 Å². The summed E-state index contributed by atoms with van der Waals surface area (Å²) in [7, 11) is 0. The maximum atomic E-state index is 12.0. The summed E-state index contributed by atoms with van der Waals surface area (Å²) < 4.78 is 0. The molecule has 1 aliphatic rings. The van der Waals surface area contributed by atoms with Crippen molar-refractivity contribution < 1.29 is 4.79 Å². The summed E-state index contributed by atoms with van der Waals surface area (Å²) in [5.74, 6) is 0.0951. The Morgan fingerprint density at radius 3 is 2.62 bits per heavy atom. The van der Waals surface area contributed by atoms with Crippen LogP contribution in [-0.4, -0.2) is 30.4 Å². The van der Waals surface area contributed by atoms with Crippen molar-refractivity contribution in [2.75, 3.05) is 30.7 Å². The van der Waals surface area contributed by atoms with Crippen LogP contribution in [0.5, 0.6) is 0 Å². The largest absolute Gasteiger partial charge is 0.399 e. The SMILES string of the molecule is Cc1cc(N)ccc1NC(=O)CCCN1CCCCCC1. The molecule has 1 aromatic rings. The number of hydrogen-bond acceptors (Lipinski definition) is 3. The summed E-state index contributed by atoms with van der Waals surface area (Å²) in [6, 6.07) is 5.57. The highest BCUT2D eigenvalue weighted by Crippen LogP contribution is 2.18. The van der Waals surface area contributed by atoms with Crippen LogP contribution in [0.2, 0.25) is 0 Å². The van der Waals surface area contributed by atoms with Gasteiger partial charge >= 0.3 is 0 Å². The number of carbonyl (C=O) groups excluding carboxylic acids is 1. The van der Waals surface area contributed by atoms with E-state index in [9.17, 15) is 4.79 Å². The number of nitrogens with one attached hydrogen (secondary N) is 1. The van der Waals surface area contributed by atoms with E-state index in [4.69, 9.17) is 5.73 Å². The molecule has 4 heteroatoms. The molecule has 1 amide bonds. The van der Waals surface area contributed by atoms with Gasteiger partial charge in [-0.2, -0.15) is 0 Å². The third-order valence-electron chi connectivity index (χ3n) is 4.10. The number of hydrogen-bond donors (Lipinski definition) is 2. The minimum Gasteiger partial charge on any atom is -0.399 e. The van der Waals surface area contributed by atoms with E-state index >= 15 is 0 Å². The first-order valence-corrected chi connectivity index (χ1v) is 8.03. The third-order valence-corrected chi connectivity index (χ3v) is 4.10. The third kappa shape index (κ3) is 5.38. The Morgan fingerprint density at radius 1 is 1.24 bits per heavy atom. The van der Waals surface area contributed by atoms with Crippen LogP contribution in [0, 0.1) is 6.92 Å². The summed E-state index contributed by atoms with van der Waals surface area (Å²) in [5, 5.41) is 2.97. The summed E-state index contributed by atoms with van der Waals surface area (Å²) in [6.45, 7) is 5.38. The first-order chi connectivity index (χ1) is 10.1. The van der Waals surface area contributed by atoms with Gasteiger partial charge in [0, 0.05) is 17.8 Å². The topological polar surface area (TPSA) is 58.4 Å². The first kappa shape index (κ1) is 15.8. The minimum atomic E-state index is 0.0951. The van der Waals surface area contributed by atoms with Crippen molar-refractivity contribution in [2.45, 2.75) is 45.4 Å². The molecule has 116 valence electrons. The molecule has 0 bridgehead atoms. The van der Waals surface area contributed by atoms with Crippen molar-refractivity contribution in [3.05, 3.63) is 23.8 Å². The number of anilines is 2. The van der Waals surface area contributed by atoms with Gasteiger partial charge in [-0.15, -0.1) is 0 Å². The predicted molar refractivity (Wildman–Crippen MR) is 88.4 cm³/mol. The van der Waals surface area contributed by atoms with Crippen LogP contribution >= 0.6 is 0 Å². The lowest BCUT2D eigenvalue weighted by Gasteiger charge is -2.19. The Hall–Kier alpha value is -1.55. The van der Waals surface area contributed by atoms with Gasteiger partial charge in [0.2, 0.25) is 5.91 Å². The molecule has 0 spiro atoms. The smallest absolute Gasteiger partial charge is 0.224 e. The summed E-state index contributed by atoms with van der Waals surface area (Å²) >= 11 is 0. The molecule has 1 saturated heterocycles. The van der Waals surface area contributed by atoms with Gasteiger partial charge in [-0.25, -0.2) is 0 Å². The zero-order valence-electron chi connectivity index (χ0n) is 13.0. The first-order valence-electron chi connectivity index (χ1n) is 8.03. The van der Waals surface area contributed by atoms with Crippen molar-refractivity contribution in [1.29, 1.82) is 0 Å². The molecule has 0 atom stereocenters. The summed E-state index contributed by atoms with van der Waals surface area (Å²) in [6.07, 6.45) is 6.83. The lowest BCUT2D eigenvalue weighted by Crippen LogP contribution is -2.26. The van der Waals surface area contributed by atoms with Crippen LogP contribution in [0.4, 0.5) is 11.4 Å². The van der Waals surface area contributed by atoms with Crippen molar-refractivity contribution in [3.63, 3.8) is 0 Å². The van der Waals surface area contributed by atoms with E-state index in [1.165, 1.54) is 38.8 Å². The van der Waals surface area contributed by atoms with Crippen LogP contribution in [0.15, 0.2) is 18.2 Å². The van der Waals surface area contributed by atoms with Crippen LogP contribution in [-0.2, 0) is 4.79 Å². The second-order valence-electron chi connectivity index (χ2n) is 5.98. The Kier molecular flexibility index (Phi) is 6.05. The van der Waals surface area contributed by atoms with E-state index in [0.717, 1.165) is 29.9 Å². The van der Waals surface area contributed by atoms with Crippen molar-refractivity contribution in [1.82, 2.24) is 4.90 Å². The zero-order valence-corrected chi connectivity index (χ0v) is 13.0. The molecular formula is C17H27N3O. The fraction of sp³-hybridized carbons (Fsp3) is 0.588. The predicted octanol–water partition coefficient (Wildman–Crippen LogP) is 3.17. The lowest BCUT2D eigenvalue weighted by molar-refractivity contribution is -0.116. The number of benzene rings is 1. The number of nitrogens with two attached hydrogens (primary N) is 1. The van der Waals surface area contributed by atoms with Crippen molar-refractivity contribution in [2.24, 2.45) is 0 Å². The fourth-order valence-corrected chi connectivity index (χ4v) is 2.86. The number of amides is 1. The van der Waals surface area contributed by atoms with Gasteiger partial charge in [0.15, 0.2) is 0 Å². The van der Waals surface area contributed by atoms with Gasteiger partial charge in [0.1, 0.15) is 0 Å². The summed E-state index contributed by atoms with van der Waals surface area (Å²) in [5.41, 5.74) is 8.32. The molecule has 3 N–H and O–H groups in total. The van der Waals surface area contributed by atoms with Crippen LogP contribution in [0.1, 0.15) is 44.1 Å². The molecule has 0 radical (unpaired) electrons. The van der Waals surface area contributed by atoms with Crippen LogP contribution in [0.3, 0.4) is 0 Å². The molecule has 4 nitrogen and oxygen atoms in total. The Balaban J connectivity index is 1.71.